The van der Waals surface area contributed by atoms with Gasteiger partial charge in [-0.2, -0.15) is 0 Å². The minimum atomic E-state index is 0.0478. The lowest BCUT2D eigenvalue weighted by molar-refractivity contribution is -0.117. The zero-order valence-electron chi connectivity index (χ0n) is 19.4. The number of nitrogens with zero attached hydrogens (tertiary/aromatic N) is 3. The fraction of sp³-hybridized carbons (Fsp3) is 0.286. The second kappa shape index (κ2) is 8.74. The number of fused-ring (bicyclic) bond motifs is 1. The van der Waals surface area contributed by atoms with Gasteiger partial charge in [0.2, 0.25) is 5.91 Å². The third kappa shape index (κ3) is 4.36. The summed E-state index contributed by atoms with van der Waals surface area (Å²) in [7, 11) is 0. The summed E-state index contributed by atoms with van der Waals surface area (Å²) >= 11 is 0. The molecule has 33 heavy (non-hydrogen) atoms. The van der Waals surface area contributed by atoms with E-state index in [-0.39, 0.29) is 11.8 Å². The van der Waals surface area contributed by atoms with Crippen molar-refractivity contribution >= 4 is 22.6 Å². The van der Waals surface area contributed by atoms with E-state index in [0.29, 0.717) is 26.1 Å². The monoisotopic (exact) mass is 439 g/mol. The van der Waals surface area contributed by atoms with Gasteiger partial charge in [0, 0.05) is 24.6 Å². The molecule has 0 spiro atoms. The largest absolute Gasteiger partial charge is 0.492 e. The van der Waals surface area contributed by atoms with E-state index < -0.39 is 0 Å². The van der Waals surface area contributed by atoms with E-state index in [4.69, 9.17) is 9.72 Å². The maximum Gasteiger partial charge on any atom is 0.227 e. The van der Waals surface area contributed by atoms with E-state index in [9.17, 15) is 4.79 Å². The van der Waals surface area contributed by atoms with E-state index in [0.717, 1.165) is 33.9 Å². The van der Waals surface area contributed by atoms with Crippen molar-refractivity contribution in [1.82, 2.24) is 9.55 Å². The molecule has 0 radical (unpaired) electrons. The van der Waals surface area contributed by atoms with Crippen LogP contribution in [0.15, 0.2) is 66.7 Å². The van der Waals surface area contributed by atoms with Crippen LogP contribution < -0.4 is 9.64 Å². The second-order valence-electron chi connectivity index (χ2n) is 9.03. The maximum absolute atomic E-state index is 12.9. The van der Waals surface area contributed by atoms with Gasteiger partial charge in [-0.05, 0) is 73.9 Å². The molecule has 1 aliphatic heterocycles. The number of carbonyl (C=O) groups is 1. The maximum atomic E-state index is 12.9. The molecule has 0 bridgehead atoms. The molecule has 0 saturated carbocycles. The number of ether oxygens (including phenoxy) is 1. The number of rotatable bonds is 6. The highest BCUT2D eigenvalue weighted by molar-refractivity contribution is 5.96. The molecule has 0 unspecified atom stereocenters. The van der Waals surface area contributed by atoms with Gasteiger partial charge in [0.25, 0.3) is 0 Å². The normalized spacial score (nSPS) is 16.0. The molecule has 0 N–H and O–H groups in total. The van der Waals surface area contributed by atoms with Crippen LogP contribution in [0.4, 0.5) is 5.69 Å². The Bertz CT molecular complexity index is 1300. The number of carbonyl (C=O) groups excluding carboxylic acids is 1. The zero-order chi connectivity index (χ0) is 22.9. The fourth-order valence-corrected chi connectivity index (χ4v) is 4.84. The first-order valence-corrected chi connectivity index (χ1v) is 11.5. The number of aryl methyl sites for hydroxylation is 3. The van der Waals surface area contributed by atoms with E-state index in [1.807, 2.05) is 35.2 Å². The van der Waals surface area contributed by atoms with Crippen LogP contribution in [-0.4, -0.2) is 28.6 Å². The third-order valence-electron chi connectivity index (χ3n) is 6.27. The predicted molar refractivity (Wildman–Crippen MR) is 132 cm³/mol. The summed E-state index contributed by atoms with van der Waals surface area (Å²) < 4.78 is 8.34. The number of hydrogen-bond donors (Lipinski definition) is 0. The molecule has 5 nitrogen and oxygen atoms in total. The van der Waals surface area contributed by atoms with Crippen molar-refractivity contribution in [3.63, 3.8) is 0 Å². The molecular weight excluding hydrogens is 410 g/mol. The highest BCUT2D eigenvalue weighted by atomic mass is 16.5. The summed E-state index contributed by atoms with van der Waals surface area (Å²) in [6.07, 6.45) is 0.467. The Labute approximate surface area is 194 Å². The lowest BCUT2D eigenvalue weighted by Crippen LogP contribution is -2.24. The molecule has 1 amide bonds. The Morgan fingerprint density at radius 2 is 1.73 bits per heavy atom. The number of aromatic nitrogens is 2. The minimum Gasteiger partial charge on any atom is -0.492 e. The topological polar surface area (TPSA) is 47.4 Å². The van der Waals surface area contributed by atoms with Crippen molar-refractivity contribution < 1.29 is 9.53 Å². The molecular formula is C28H29N3O2. The summed E-state index contributed by atoms with van der Waals surface area (Å²) in [6, 6.07) is 22.6. The molecule has 5 heteroatoms. The Balaban J connectivity index is 1.40. The van der Waals surface area contributed by atoms with Crippen molar-refractivity contribution in [1.29, 1.82) is 0 Å². The highest BCUT2D eigenvalue weighted by Gasteiger charge is 2.34. The van der Waals surface area contributed by atoms with Gasteiger partial charge >= 0.3 is 0 Å². The van der Waals surface area contributed by atoms with Crippen LogP contribution in [0.5, 0.6) is 5.75 Å². The first-order chi connectivity index (χ1) is 16.0. The molecule has 1 aromatic heterocycles. The summed E-state index contributed by atoms with van der Waals surface area (Å²) in [6.45, 7) is 8.08. The number of benzene rings is 3. The van der Waals surface area contributed by atoms with Crippen LogP contribution in [0.1, 0.15) is 34.9 Å². The molecule has 1 aliphatic rings. The Hall–Kier alpha value is -3.60. The SMILES string of the molecule is Cc1cc(C)cc(OCCn2c([C@@H]3CC(=O)N(c4cccc(C)c4)C3)nc3ccccc32)c1. The lowest BCUT2D eigenvalue weighted by atomic mass is 10.1. The van der Waals surface area contributed by atoms with Gasteiger partial charge < -0.3 is 14.2 Å². The molecule has 0 aliphatic carbocycles. The van der Waals surface area contributed by atoms with Crippen molar-refractivity contribution in [2.24, 2.45) is 0 Å². The Kier molecular flexibility index (Phi) is 5.63. The van der Waals surface area contributed by atoms with E-state index >= 15 is 0 Å². The van der Waals surface area contributed by atoms with E-state index in [2.05, 4.69) is 61.7 Å². The highest BCUT2D eigenvalue weighted by Crippen LogP contribution is 2.33. The smallest absolute Gasteiger partial charge is 0.227 e. The molecule has 1 atom stereocenters. The Morgan fingerprint density at radius 1 is 0.939 bits per heavy atom. The average molecular weight is 440 g/mol. The van der Waals surface area contributed by atoms with Gasteiger partial charge in [0.1, 0.15) is 18.2 Å². The summed E-state index contributed by atoms with van der Waals surface area (Å²) in [5, 5.41) is 0. The first-order valence-electron chi connectivity index (χ1n) is 11.5. The zero-order valence-corrected chi connectivity index (χ0v) is 19.4. The number of imidazole rings is 1. The van der Waals surface area contributed by atoms with Crippen LogP contribution >= 0.6 is 0 Å². The first kappa shape index (κ1) is 21.3. The number of hydrogen-bond acceptors (Lipinski definition) is 3. The van der Waals surface area contributed by atoms with Crippen LogP contribution in [-0.2, 0) is 11.3 Å². The van der Waals surface area contributed by atoms with Crippen LogP contribution in [0.3, 0.4) is 0 Å². The van der Waals surface area contributed by atoms with Crippen molar-refractivity contribution in [2.75, 3.05) is 18.1 Å². The predicted octanol–water partition coefficient (Wildman–Crippen LogP) is 5.56. The lowest BCUT2D eigenvalue weighted by Gasteiger charge is -2.18. The Morgan fingerprint density at radius 3 is 2.52 bits per heavy atom. The number of anilines is 1. The quantitative estimate of drug-likeness (QED) is 0.395. The molecule has 168 valence electrons. The molecule has 2 heterocycles. The van der Waals surface area contributed by atoms with Crippen molar-refractivity contribution in [3.05, 3.63) is 89.2 Å². The molecule has 4 aromatic rings. The van der Waals surface area contributed by atoms with Crippen LogP contribution in [0, 0.1) is 20.8 Å². The molecule has 5 rings (SSSR count). The van der Waals surface area contributed by atoms with Gasteiger partial charge in [-0.3, -0.25) is 4.79 Å². The standard InChI is InChI=1S/C28H29N3O2/c1-19-7-6-8-23(14-19)31-18-22(17-27(31)32)28-29-25-9-4-5-10-26(25)30(28)11-12-33-24-15-20(2)13-21(3)16-24/h4-10,13-16,22H,11-12,17-18H2,1-3H3/t22-/m1/s1. The van der Waals surface area contributed by atoms with Crippen molar-refractivity contribution in [3.8, 4) is 5.75 Å². The van der Waals surface area contributed by atoms with Crippen LogP contribution in [0.2, 0.25) is 0 Å². The van der Waals surface area contributed by atoms with Crippen LogP contribution in [0.25, 0.3) is 11.0 Å². The fourth-order valence-electron chi connectivity index (χ4n) is 4.84. The molecule has 1 fully saturated rings. The van der Waals surface area contributed by atoms with Gasteiger partial charge in [0.15, 0.2) is 0 Å². The molecule has 3 aromatic carbocycles. The average Bonchev–Trinajstić information content (AvgIpc) is 3.34. The summed E-state index contributed by atoms with van der Waals surface area (Å²) in [5.41, 5.74) is 6.54. The third-order valence-corrected chi connectivity index (χ3v) is 6.27. The van der Waals surface area contributed by atoms with Gasteiger partial charge in [-0.15, -0.1) is 0 Å². The van der Waals surface area contributed by atoms with Gasteiger partial charge in [0.05, 0.1) is 17.6 Å². The van der Waals surface area contributed by atoms with Gasteiger partial charge in [-0.25, -0.2) is 4.98 Å². The van der Waals surface area contributed by atoms with Gasteiger partial charge in [-0.1, -0.05) is 30.3 Å². The summed E-state index contributed by atoms with van der Waals surface area (Å²) in [4.78, 5) is 19.8. The number of para-hydroxylation sites is 2. The summed E-state index contributed by atoms with van der Waals surface area (Å²) in [5.74, 6) is 2.05. The minimum absolute atomic E-state index is 0.0478. The van der Waals surface area contributed by atoms with E-state index in [1.54, 1.807) is 0 Å². The van der Waals surface area contributed by atoms with Crippen molar-refractivity contribution in [2.45, 2.75) is 39.7 Å². The van der Waals surface area contributed by atoms with E-state index in [1.165, 1.54) is 11.1 Å². The number of amides is 1. The molecule has 1 saturated heterocycles. The second-order valence-corrected chi connectivity index (χ2v) is 9.03.